The molecule has 1 rings (SSSR count). The number of nitro benzene ring substituents is 1. The first-order valence-electron chi connectivity index (χ1n) is 8.31. The Morgan fingerprint density at radius 3 is 2.09 bits per heavy atom. The van der Waals surface area contributed by atoms with Gasteiger partial charge in [0.1, 0.15) is 17.3 Å². The van der Waals surface area contributed by atoms with Crippen LogP contribution in [0.3, 0.4) is 0 Å². The summed E-state index contributed by atoms with van der Waals surface area (Å²) in [5.74, 6) is -22.5. The maximum Gasteiger partial charge on any atom is 0.381 e. The van der Waals surface area contributed by atoms with E-state index in [0.717, 1.165) is 6.92 Å². The fourth-order valence-corrected chi connectivity index (χ4v) is 2.25. The second kappa shape index (κ2) is 9.56. The summed E-state index contributed by atoms with van der Waals surface area (Å²) < 4.78 is 108. The highest BCUT2D eigenvalue weighted by Crippen LogP contribution is 2.48. The molecule has 0 saturated carbocycles. The van der Waals surface area contributed by atoms with Crippen LogP contribution in [0.5, 0.6) is 5.75 Å². The third kappa shape index (κ3) is 5.76. The molecule has 0 aliphatic rings. The topological polar surface area (TPSA) is 104 Å². The van der Waals surface area contributed by atoms with Crippen LogP contribution in [0.4, 0.5) is 40.8 Å². The third-order valence-corrected chi connectivity index (χ3v) is 3.84. The number of rotatable bonds is 12. The van der Waals surface area contributed by atoms with Crippen molar-refractivity contribution in [3.05, 3.63) is 33.9 Å². The Morgan fingerprint density at radius 2 is 1.62 bits per heavy atom. The summed E-state index contributed by atoms with van der Waals surface area (Å²) in [7, 11) is 0. The maximum atomic E-state index is 13.6. The van der Waals surface area contributed by atoms with Crippen molar-refractivity contribution in [2.75, 3.05) is 6.61 Å². The number of ketones is 3. The van der Waals surface area contributed by atoms with Gasteiger partial charge in [-0.3, -0.25) is 24.5 Å². The Hall–Kier alpha value is -3.13. The predicted octanol–water partition coefficient (Wildman–Crippen LogP) is 4.27. The second-order valence-corrected chi connectivity index (χ2v) is 6.44. The lowest BCUT2D eigenvalue weighted by Crippen LogP contribution is -2.59. The Balaban J connectivity index is 3.17. The van der Waals surface area contributed by atoms with Crippen molar-refractivity contribution in [2.24, 2.45) is 0 Å². The number of carbonyl (C=O) groups excluding carboxylic acids is 3. The van der Waals surface area contributed by atoms with E-state index < -0.39 is 82.9 Å². The molecule has 0 saturated heterocycles. The van der Waals surface area contributed by atoms with Gasteiger partial charge in [-0.15, -0.1) is 0 Å². The summed E-state index contributed by atoms with van der Waals surface area (Å²) in [6.07, 6.45) is -6.83. The molecule has 0 heterocycles. The number of benzene rings is 1. The molecule has 0 unspecified atom stereocenters. The summed E-state index contributed by atoms with van der Waals surface area (Å²) in [6.45, 7) is -1.54. The zero-order chi connectivity index (χ0) is 25.1. The maximum absolute atomic E-state index is 13.6. The Morgan fingerprint density at radius 1 is 1.06 bits per heavy atom. The van der Waals surface area contributed by atoms with Gasteiger partial charge in [-0.2, -0.15) is 26.3 Å². The van der Waals surface area contributed by atoms with E-state index in [4.69, 9.17) is 0 Å². The summed E-state index contributed by atoms with van der Waals surface area (Å²) in [4.78, 5) is 44.5. The van der Waals surface area contributed by atoms with Crippen LogP contribution in [-0.4, -0.2) is 53.1 Å². The van der Waals surface area contributed by atoms with Gasteiger partial charge in [0, 0.05) is 6.07 Å². The van der Waals surface area contributed by atoms with Crippen molar-refractivity contribution < 1.29 is 59.2 Å². The van der Waals surface area contributed by atoms with Gasteiger partial charge < -0.3 is 4.74 Å². The molecular weight excluding hydrogens is 466 g/mol. The number of hydrogen-bond donors (Lipinski definition) is 0. The molecule has 0 spiro atoms. The highest BCUT2D eigenvalue weighted by atomic mass is 19.4. The van der Waals surface area contributed by atoms with E-state index in [0.29, 0.717) is 18.2 Å². The van der Waals surface area contributed by atoms with Gasteiger partial charge in [0.2, 0.25) is 0 Å². The SMILES string of the molecule is CC(=O)CC(=O)CC(=O)c1cc(OCC(F)(F)C(F)(F)C(F)(F)C(F)F)ccc1[N+](=O)[O-]. The molecule has 7 nitrogen and oxygen atoms in total. The van der Waals surface area contributed by atoms with Crippen LogP contribution < -0.4 is 4.74 Å². The quantitative estimate of drug-likeness (QED) is 0.146. The Bertz CT molecular complexity index is 918. The molecule has 0 aromatic heterocycles. The third-order valence-electron chi connectivity index (χ3n) is 3.84. The number of nitro groups is 1. The van der Waals surface area contributed by atoms with Crippen LogP contribution in [0.1, 0.15) is 30.1 Å². The van der Waals surface area contributed by atoms with E-state index in [1.54, 1.807) is 0 Å². The second-order valence-electron chi connectivity index (χ2n) is 6.44. The van der Waals surface area contributed by atoms with Gasteiger partial charge in [0.25, 0.3) is 5.69 Å². The molecule has 15 heteroatoms. The zero-order valence-electron chi connectivity index (χ0n) is 15.9. The minimum Gasteiger partial charge on any atom is -0.487 e. The van der Waals surface area contributed by atoms with E-state index in [-0.39, 0.29) is 0 Å². The number of carbonyl (C=O) groups is 3. The molecule has 0 aliphatic heterocycles. The van der Waals surface area contributed by atoms with Crippen LogP contribution >= 0.6 is 0 Å². The molecular formula is C17H13F8NO6. The minimum atomic E-state index is -6.54. The standard InChI is InChI=1S/C17H13F8NO6/c1-8(27)4-9(28)5-13(29)11-6-10(2-3-12(11)26(30)31)32-7-15(20,21)17(24,25)16(22,23)14(18)19/h2-3,6,14H,4-5,7H2,1H3. The molecule has 32 heavy (non-hydrogen) atoms. The summed E-state index contributed by atoms with van der Waals surface area (Å²) in [5, 5.41) is 11.0. The van der Waals surface area contributed by atoms with Gasteiger partial charge in [-0.1, -0.05) is 0 Å². The molecule has 0 bridgehead atoms. The molecule has 0 aliphatic carbocycles. The van der Waals surface area contributed by atoms with Gasteiger partial charge in [0.15, 0.2) is 12.4 Å². The molecule has 0 radical (unpaired) electrons. The van der Waals surface area contributed by atoms with Crippen LogP contribution in [-0.2, 0) is 9.59 Å². The van der Waals surface area contributed by atoms with E-state index in [9.17, 15) is 59.6 Å². The molecule has 0 amide bonds. The van der Waals surface area contributed by atoms with Crippen molar-refractivity contribution in [3.8, 4) is 5.75 Å². The van der Waals surface area contributed by atoms with E-state index in [1.807, 2.05) is 0 Å². The predicted molar refractivity (Wildman–Crippen MR) is 88.7 cm³/mol. The molecule has 0 fully saturated rings. The first-order valence-corrected chi connectivity index (χ1v) is 8.31. The highest BCUT2D eigenvalue weighted by molar-refractivity contribution is 6.13. The van der Waals surface area contributed by atoms with E-state index >= 15 is 0 Å². The average molecular weight is 479 g/mol. The molecule has 178 valence electrons. The van der Waals surface area contributed by atoms with Crippen molar-refractivity contribution in [2.45, 2.75) is 44.0 Å². The fraction of sp³-hybridized carbons (Fsp3) is 0.471. The van der Waals surface area contributed by atoms with Crippen LogP contribution in [0.25, 0.3) is 0 Å². The molecule has 0 atom stereocenters. The van der Waals surface area contributed by atoms with E-state index in [2.05, 4.69) is 4.74 Å². The van der Waals surface area contributed by atoms with Crippen LogP contribution in [0, 0.1) is 10.1 Å². The number of ether oxygens (including phenoxy) is 1. The molecule has 0 N–H and O–H groups in total. The zero-order valence-corrected chi connectivity index (χ0v) is 15.9. The lowest BCUT2D eigenvalue weighted by molar-refractivity contribution is -0.385. The first kappa shape index (κ1) is 26.9. The van der Waals surface area contributed by atoms with Gasteiger partial charge in [0.05, 0.1) is 23.3 Å². The Kier molecular flexibility index (Phi) is 8.04. The normalized spacial score (nSPS) is 12.6. The summed E-state index contributed by atoms with van der Waals surface area (Å²) in [5.41, 5.74) is -1.84. The largest absolute Gasteiger partial charge is 0.487 e. The Labute approximate surface area is 173 Å². The van der Waals surface area contributed by atoms with Crippen molar-refractivity contribution in [1.82, 2.24) is 0 Å². The summed E-state index contributed by atoms with van der Waals surface area (Å²) in [6, 6.07) is 1.47. The lowest BCUT2D eigenvalue weighted by Gasteiger charge is -2.32. The average Bonchev–Trinajstić information content (AvgIpc) is 2.64. The number of nitrogens with zero attached hydrogens (tertiary/aromatic N) is 1. The number of Topliss-reactive ketones (excluding diaryl/α,β-unsaturated/α-hetero) is 3. The highest BCUT2D eigenvalue weighted by Gasteiger charge is 2.75. The molecule has 1 aromatic rings. The van der Waals surface area contributed by atoms with Crippen LogP contribution in [0.2, 0.25) is 0 Å². The van der Waals surface area contributed by atoms with Crippen LogP contribution in [0.15, 0.2) is 18.2 Å². The first-order chi connectivity index (χ1) is 14.4. The van der Waals surface area contributed by atoms with Crippen molar-refractivity contribution in [1.29, 1.82) is 0 Å². The van der Waals surface area contributed by atoms with Gasteiger partial charge >= 0.3 is 24.2 Å². The van der Waals surface area contributed by atoms with Gasteiger partial charge in [-0.25, -0.2) is 8.78 Å². The number of halogens is 8. The lowest BCUT2D eigenvalue weighted by atomic mass is 10.0. The number of alkyl halides is 8. The van der Waals surface area contributed by atoms with Crippen molar-refractivity contribution >= 4 is 23.0 Å². The van der Waals surface area contributed by atoms with E-state index in [1.165, 1.54) is 0 Å². The number of hydrogen-bond acceptors (Lipinski definition) is 6. The smallest absolute Gasteiger partial charge is 0.381 e. The van der Waals surface area contributed by atoms with Gasteiger partial charge in [-0.05, 0) is 19.1 Å². The fourth-order valence-electron chi connectivity index (χ4n) is 2.25. The summed E-state index contributed by atoms with van der Waals surface area (Å²) >= 11 is 0. The minimum absolute atomic E-state index is 0.404. The monoisotopic (exact) mass is 479 g/mol. The molecule has 1 aromatic carbocycles. The van der Waals surface area contributed by atoms with Crippen molar-refractivity contribution in [3.63, 3.8) is 0 Å².